The van der Waals surface area contributed by atoms with Crippen LogP contribution in [0, 0.1) is 17.3 Å². The molecule has 3 fully saturated rings. The van der Waals surface area contributed by atoms with E-state index in [0.717, 1.165) is 17.3 Å². The van der Waals surface area contributed by atoms with Gasteiger partial charge >= 0.3 is 0 Å². The van der Waals surface area contributed by atoms with Crippen LogP contribution in [0.5, 0.6) is 0 Å². The lowest BCUT2D eigenvalue weighted by molar-refractivity contribution is -0.118. The van der Waals surface area contributed by atoms with E-state index < -0.39 is 0 Å². The maximum atomic E-state index is 9.94. The van der Waals surface area contributed by atoms with Crippen molar-refractivity contribution in [3.63, 3.8) is 0 Å². The predicted octanol–water partition coefficient (Wildman–Crippen LogP) is 2.80. The average Bonchev–Trinajstić information content (AvgIpc) is 2.29. The molecule has 2 unspecified atom stereocenters. The summed E-state index contributed by atoms with van der Waals surface area (Å²) in [5.74, 6) is 2.10. The van der Waals surface area contributed by atoms with Gasteiger partial charge in [0.05, 0.1) is 0 Å². The minimum Gasteiger partial charge on any atom is -0.358 e. The maximum Gasteiger partial charge on any atom is 0.234 e. The number of hydrogen-bond acceptors (Lipinski definition) is 1. The molecule has 3 aliphatic rings. The molecule has 0 aromatic carbocycles. The van der Waals surface area contributed by atoms with Crippen molar-refractivity contribution >= 4 is 17.5 Å². The Bertz CT molecular complexity index is 206. The van der Waals surface area contributed by atoms with Gasteiger partial charge in [-0.2, -0.15) is 0 Å². The lowest BCUT2D eigenvalue weighted by Gasteiger charge is -2.56. The molecule has 3 heteroatoms. The summed E-state index contributed by atoms with van der Waals surface area (Å²) in [6.07, 6.45) is 6.10. The summed E-state index contributed by atoms with van der Waals surface area (Å²) in [5.41, 5.74) is 0.734. The van der Waals surface area contributed by atoms with Crippen LogP contribution in [0.3, 0.4) is 0 Å². The van der Waals surface area contributed by atoms with E-state index in [1.165, 1.54) is 19.3 Å². The fraction of sp³-hybridized carbons (Fsp3) is 0.917. The Hall–Kier alpha value is -0.240. The third-order valence-corrected chi connectivity index (χ3v) is 4.42. The Kier molecular flexibility index (Phi) is 4.45. The van der Waals surface area contributed by atoms with Crippen molar-refractivity contribution in [2.24, 2.45) is 17.3 Å². The number of carbonyl (C=O) groups is 1. The van der Waals surface area contributed by atoms with Crippen LogP contribution in [0.1, 0.15) is 39.5 Å². The molecule has 0 aromatic heterocycles. The molecule has 15 heavy (non-hydrogen) atoms. The van der Waals surface area contributed by atoms with Crippen LogP contribution < -0.4 is 5.32 Å². The summed E-state index contributed by atoms with van der Waals surface area (Å²) in [5, 5.41) is 2.34. The van der Waals surface area contributed by atoms with Crippen LogP contribution in [0.2, 0.25) is 0 Å². The third kappa shape index (κ3) is 2.87. The lowest BCUT2D eigenvalue weighted by atomic mass is 9.49. The lowest BCUT2D eigenvalue weighted by Crippen LogP contribution is -2.47. The molecular formula is C12H22ClNO. The number of rotatable bonds is 1. The third-order valence-electron chi connectivity index (χ3n) is 4.18. The number of hydrogen-bond donors (Lipinski definition) is 1. The Morgan fingerprint density at radius 3 is 2.07 bits per heavy atom. The molecule has 1 N–H and O–H groups in total. The van der Waals surface area contributed by atoms with E-state index in [0.29, 0.717) is 0 Å². The Labute approximate surface area is 97.8 Å². The summed E-state index contributed by atoms with van der Waals surface area (Å²) in [6.45, 7) is 4.90. The molecule has 0 aliphatic heterocycles. The van der Waals surface area contributed by atoms with Crippen molar-refractivity contribution in [2.45, 2.75) is 39.5 Å². The van der Waals surface area contributed by atoms with Gasteiger partial charge in [0, 0.05) is 7.05 Å². The highest BCUT2D eigenvalue weighted by Crippen LogP contribution is 2.58. The first-order valence-corrected chi connectivity index (χ1v) is 6.32. The van der Waals surface area contributed by atoms with Crippen LogP contribution >= 0.6 is 11.6 Å². The summed E-state index contributed by atoms with van der Waals surface area (Å²) in [6, 6.07) is 0. The minimum absolute atomic E-state index is 0.0521. The zero-order chi connectivity index (χ0) is 11.5. The first-order chi connectivity index (χ1) is 7.02. The highest BCUT2D eigenvalue weighted by Gasteiger charge is 2.49. The summed E-state index contributed by atoms with van der Waals surface area (Å²) in [4.78, 5) is 9.94. The van der Waals surface area contributed by atoms with Crippen LogP contribution in [0.4, 0.5) is 0 Å². The average molecular weight is 232 g/mol. The molecule has 0 heterocycles. The van der Waals surface area contributed by atoms with E-state index in [4.69, 9.17) is 11.6 Å². The van der Waals surface area contributed by atoms with Crippen molar-refractivity contribution in [3.05, 3.63) is 0 Å². The van der Waals surface area contributed by atoms with Gasteiger partial charge < -0.3 is 5.32 Å². The van der Waals surface area contributed by atoms with Crippen molar-refractivity contribution in [1.82, 2.24) is 5.32 Å². The van der Waals surface area contributed by atoms with Crippen molar-refractivity contribution in [1.29, 1.82) is 0 Å². The van der Waals surface area contributed by atoms with E-state index in [9.17, 15) is 4.79 Å². The number of carbonyl (C=O) groups excluding carboxylic acids is 1. The predicted molar refractivity (Wildman–Crippen MR) is 64.0 cm³/mol. The van der Waals surface area contributed by atoms with Gasteiger partial charge in [-0.3, -0.25) is 4.79 Å². The highest BCUT2D eigenvalue weighted by molar-refractivity contribution is 6.27. The largest absolute Gasteiger partial charge is 0.358 e. The molecule has 3 aliphatic carbocycles. The topological polar surface area (TPSA) is 29.1 Å². The van der Waals surface area contributed by atoms with Crippen molar-refractivity contribution in [2.75, 3.05) is 12.9 Å². The van der Waals surface area contributed by atoms with Gasteiger partial charge in [-0.15, -0.1) is 11.6 Å². The van der Waals surface area contributed by atoms with Crippen LogP contribution in [0.15, 0.2) is 0 Å². The summed E-state index contributed by atoms with van der Waals surface area (Å²) in [7, 11) is 1.55. The second-order valence-corrected chi connectivity index (χ2v) is 5.46. The minimum atomic E-state index is -0.142. The molecule has 0 saturated heterocycles. The molecule has 3 rings (SSSR count). The van der Waals surface area contributed by atoms with E-state index >= 15 is 0 Å². The fourth-order valence-electron chi connectivity index (χ4n) is 2.78. The van der Waals surface area contributed by atoms with Gasteiger partial charge in [0.1, 0.15) is 5.88 Å². The molecule has 2 bridgehead atoms. The molecule has 1 amide bonds. The normalized spacial score (nSPS) is 30.7. The molecule has 0 aromatic rings. The van der Waals surface area contributed by atoms with E-state index in [1.807, 2.05) is 0 Å². The molecular weight excluding hydrogens is 210 g/mol. The number of alkyl halides is 1. The molecule has 88 valence electrons. The van der Waals surface area contributed by atoms with Crippen LogP contribution in [-0.2, 0) is 4.79 Å². The summed E-state index contributed by atoms with van der Waals surface area (Å²) < 4.78 is 0. The fourth-order valence-corrected chi connectivity index (χ4v) is 2.91. The van der Waals surface area contributed by atoms with Crippen molar-refractivity contribution in [3.8, 4) is 0 Å². The Morgan fingerprint density at radius 1 is 1.40 bits per heavy atom. The summed E-state index contributed by atoms with van der Waals surface area (Å²) >= 11 is 5.04. The van der Waals surface area contributed by atoms with Gasteiger partial charge in [-0.25, -0.2) is 0 Å². The second-order valence-electron chi connectivity index (χ2n) is 5.19. The number of fused-ring (bicyclic) bond motifs is 2. The van der Waals surface area contributed by atoms with Crippen LogP contribution in [0.25, 0.3) is 0 Å². The quantitative estimate of drug-likeness (QED) is 0.691. The van der Waals surface area contributed by atoms with Gasteiger partial charge in [-0.1, -0.05) is 20.3 Å². The molecule has 0 radical (unpaired) electrons. The molecule has 2 atom stereocenters. The standard InChI is InChI=1S/C9H16.C3H6ClNO/c1-9(2)7-4-3-5-8(9)6-7;1-5-3(6)2-4/h7-8H,3-6H2,1-2H3;2H2,1H3,(H,5,6). The zero-order valence-electron chi connectivity index (χ0n) is 9.98. The van der Waals surface area contributed by atoms with Gasteiger partial charge in [0.25, 0.3) is 0 Å². The molecule has 2 nitrogen and oxygen atoms in total. The van der Waals surface area contributed by atoms with Crippen LogP contribution in [-0.4, -0.2) is 18.8 Å². The van der Waals surface area contributed by atoms with E-state index in [-0.39, 0.29) is 11.8 Å². The van der Waals surface area contributed by atoms with Crippen molar-refractivity contribution < 1.29 is 4.79 Å². The number of amides is 1. The van der Waals surface area contributed by atoms with Gasteiger partial charge in [0.2, 0.25) is 5.91 Å². The monoisotopic (exact) mass is 231 g/mol. The zero-order valence-corrected chi connectivity index (χ0v) is 10.7. The first kappa shape index (κ1) is 12.8. The SMILES string of the molecule is CC1(C)C2CCCC1C2.CNC(=O)CCl. The number of halogens is 1. The Morgan fingerprint density at radius 2 is 1.93 bits per heavy atom. The number of nitrogens with one attached hydrogen (secondary N) is 1. The Balaban J connectivity index is 0.000000167. The smallest absolute Gasteiger partial charge is 0.234 e. The second kappa shape index (κ2) is 5.20. The van der Waals surface area contributed by atoms with Gasteiger partial charge in [-0.05, 0) is 36.5 Å². The van der Waals surface area contributed by atoms with E-state index in [2.05, 4.69) is 19.2 Å². The molecule has 0 spiro atoms. The highest BCUT2D eigenvalue weighted by atomic mass is 35.5. The first-order valence-electron chi connectivity index (χ1n) is 5.79. The maximum absolute atomic E-state index is 9.94. The van der Waals surface area contributed by atoms with E-state index in [1.54, 1.807) is 13.5 Å². The molecule has 3 saturated carbocycles. The van der Waals surface area contributed by atoms with Gasteiger partial charge in [0.15, 0.2) is 0 Å².